The zero-order chi connectivity index (χ0) is 19.0. The van der Waals surface area contributed by atoms with Crippen LogP contribution < -0.4 is 10.3 Å². The number of hydrogen-bond acceptors (Lipinski definition) is 5. The molecule has 0 radical (unpaired) electrons. The van der Waals surface area contributed by atoms with E-state index in [1.54, 1.807) is 11.3 Å². The molecule has 142 valence electrons. The van der Waals surface area contributed by atoms with Crippen molar-refractivity contribution in [1.29, 1.82) is 0 Å². The predicted octanol–water partition coefficient (Wildman–Crippen LogP) is 4.90. The lowest BCUT2D eigenvalue weighted by atomic mass is 9.89. The van der Waals surface area contributed by atoms with E-state index < -0.39 is 0 Å². The number of H-pyrrole nitrogens is 1. The lowest BCUT2D eigenvalue weighted by molar-refractivity contribution is 0.343. The van der Waals surface area contributed by atoms with Crippen LogP contribution in [0.2, 0.25) is 0 Å². The largest absolute Gasteiger partial charge is 0.493 e. The quantitative estimate of drug-likeness (QED) is 0.376. The van der Waals surface area contributed by atoms with E-state index in [1.807, 2.05) is 12.1 Å². The Kier molecular flexibility index (Phi) is 5.28. The molecule has 1 aliphatic rings. The first kappa shape index (κ1) is 18.6. The molecule has 0 spiro atoms. The van der Waals surface area contributed by atoms with E-state index in [-0.39, 0.29) is 5.56 Å². The van der Waals surface area contributed by atoms with Crippen LogP contribution in [0.15, 0.2) is 28.2 Å². The van der Waals surface area contributed by atoms with Crippen molar-refractivity contribution in [1.82, 2.24) is 9.97 Å². The Morgan fingerprint density at radius 1 is 1.30 bits per heavy atom. The summed E-state index contributed by atoms with van der Waals surface area (Å²) in [4.78, 5) is 22.5. The zero-order valence-corrected chi connectivity index (χ0v) is 17.6. The van der Waals surface area contributed by atoms with Crippen LogP contribution in [0.4, 0.5) is 0 Å². The normalized spacial score (nSPS) is 16.5. The average molecular weight is 401 g/mol. The second-order valence-corrected chi connectivity index (χ2v) is 9.59. The standard InChI is InChI=1S/C21H24N2O2S2/c1-12-4-5-16-17(11-12)27-20-18(16)19(24)22-21(23-20)26-7-6-25-15-9-13(2)8-14(3)10-15/h8-10,12H,4-7,11H2,1-3H3,(H,22,23,24). The summed E-state index contributed by atoms with van der Waals surface area (Å²) in [6.07, 6.45) is 3.23. The second kappa shape index (κ2) is 7.68. The molecule has 0 amide bonds. The maximum Gasteiger partial charge on any atom is 0.260 e. The number of aromatic nitrogens is 2. The molecule has 1 unspecified atom stereocenters. The van der Waals surface area contributed by atoms with Crippen molar-refractivity contribution in [2.75, 3.05) is 12.4 Å². The van der Waals surface area contributed by atoms with Gasteiger partial charge < -0.3 is 9.72 Å². The zero-order valence-electron chi connectivity index (χ0n) is 15.9. The van der Waals surface area contributed by atoms with Crippen LogP contribution in [-0.4, -0.2) is 22.3 Å². The summed E-state index contributed by atoms with van der Waals surface area (Å²) in [6, 6.07) is 6.22. The molecule has 1 aromatic carbocycles. The van der Waals surface area contributed by atoms with Gasteiger partial charge in [-0.2, -0.15) is 0 Å². The fourth-order valence-electron chi connectivity index (χ4n) is 3.71. The minimum absolute atomic E-state index is 0.00443. The van der Waals surface area contributed by atoms with Crippen molar-refractivity contribution >= 4 is 33.3 Å². The molecule has 1 N–H and O–H groups in total. The van der Waals surface area contributed by atoms with Crippen LogP contribution in [0.1, 0.15) is 34.9 Å². The number of aryl methyl sites for hydroxylation is 3. The van der Waals surface area contributed by atoms with E-state index in [0.717, 1.165) is 41.0 Å². The van der Waals surface area contributed by atoms with Crippen LogP contribution in [0, 0.1) is 19.8 Å². The van der Waals surface area contributed by atoms with Gasteiger partial charge in [-0.3, -0.25) is 4.79 Å². The number of nitrogens with zero attached hydrogens (tertiary/aromatic N) is 1. The van der Waals surface area contributed by atoms with E-state index in [2.05, 4.69) is 31.8 Å². The van der Waals surface area contributed by atoms with Gasteiger partial charge in [0.05, 0.1) is 12.0 Å². The number of hydrogen-bond donors (Lipinski definition) is 1. The van der Waals surface area contributed by atoms with E-state index in [4.69, 9.17) is 9.72 Å². The smallest absolute Gasteiger partial charge is 0.260 e. The molecule has 0 saturated heterocycles. The number of ether oxygens (including phenoxy) is 1. The average Bonchev–Trinajstić information content (AvgIpc) is 2.95. The first-order chi connectivity index (χ1) is 13.0. The molecule has 1 aliphatic carbocycles. The molecule has 6 heteroatoms. The van der Waals surface area contributed by atoms with Crippen molar-refractivity contribution in [2.45, 2.75) is 45.2 Å². The molecule has 1 atom stereocenters. The molecule has 0 fully saturated rings. The minimum Gasteiger partial charge on any atom is -0.493 e. The third-order valence-electron chi connectivity index (χ3n) is 4.93. The molecular weight excluding hydrogens is 376 g/mol. The Morgan fingerprint density at radius 3 is 2.85 bits per heavy atom. The molecule has 4 nitrogen and oxygen atoms in total. The van der Waals surface area contributed by atoms with Gasteiger partial charge in [0.2, 0.25) is 0 Å². The van der Waals surface area contributed by atoms with Gasteiger partial charge in [-0.05, 0) is 67.9 Å². The van der Waals surface area contributed by atoms with Crippen LogP contribution >= 0.6 is 23.1 Å². The van der Waals surface area contributed by atoms with Gasteiger partial charge in [0, 0.05) is 10.6 Å². The molecule has 0 saturated carbocycles. The fraction of sp³-hybridized carbons (Fsp3) is 0.429. The van der Waals surface area contributed by atoms with Crippen molar-refractivity contribution in [3.8, 4) is 5.75 Å². The van der Waals surface area contributed by atoms with E-state index in [0.29, 0.717) is 17.7 Å². The fourth-order valence-corrected chi connectivity index (χ4v) is 5.83. The summed E-state index contributed by atoms with van der Waals surface area (Å²) >= 11 is 3.23. The predicted molar refractivity (Wildman–Crippen MR) is 114 cm³/mol. The number of benzene rings is 1. The van der Waals surface area contributed by atoms with Gasteiger partial charge in [0.15, 0.2) is 5.16 Å². The molecule has 0 aliphatic heterocycles. The highest BCUT2D eigenvalue weighted by molar-refractivity contribution is 7.99. The first-order valence-electron chi connectivity index (χ1n) is 9.38. The minimum atomic E-state index is 0.00443. The van der Waals surface area contributed by atoms with E-state index in [1.165, 1.54) is 33.3 Å². The highest BCUT2D eigenvalue weighted by Gasteiger charge is 2.23. The summed E-state index contributed by atoms with van der Waals surface area (Å²) in [5.74, 6) is 2.33. The Morgan fingerprint density at radius 2 is 2.07 bits per heavy atom. The van der Waals surface area contributed by atoms with Crippen LogP contribution in [-0.2, 0) is 12.8 Å². The van der Waals surface area contributed by atoms with Gasteiger partial charge in [0.25, 0.3) is 5.56 Å². The van der Waals surface area contributed by atoms with Crippen molar-refractivity contribution in [2.24, 2.45) is 5.92 Å². The Balaban J connectivity index is 1.44. The Bertz CT molecular complexity index is 1020. The van der Waals surface area contributed by atoms with Gasteiger partial charge >= 0.3 is 0 Å². The second-order valence-electron chi connectivity index (χ2n) is 7.42. The molecule has 2 aromatic heterocycles. The summed E-state index contributed by atoms with van der Waals surface area (Å²) in [6.45, 7) is 7.00. The maximum atomic E-state index is 12.6. The Labute approximate surface area is 167 Å². The first-order valence-corrected chi connectivity index (χ1v) is 11.2. The van der Waals surface area contributed by atoms with Crippen molar-refractivity contribution in [3.63, 3.8) is 0 Å². The summed E-state index contributed by atoms with van der Waals surface area (Å²) in [5, 5.41) is 1.50. The molecule has 0 bridgehead atoms. The molecule has 3 aromatic rings. The number of aromatic amines is 1. The SMILES string of the molecule is Cc1cc(C)cc(OCCSc2nc3sc4c(c3c(=O)[nH]2)CCC(C)C4)c1. The number of thioether (sulfide) groups is 1. The number of nitrogens with one attached hydrogen (secondary N) is 1. The molecule has 4 rings (SSSR count). The number of rotatable bonds is 5. The van der Waals surface area contributed by atoms with Gasteiger partial charge in [-0.1, -0.05) is 24.8 Å². The van der Waals surface area contributed by atoms with Gasteiger partial charge in [0.1, 0.15) is 10.6 Å². The van der Waals surface area contributed by atoms with Crippen LogP contribution in [0.3, 0.4) is 0 Å². The van der Waals surface area contributed by atoms with Crippen molar-refractivity contribution in [3.05, 3.63) is 50.1 Å². The Hall–Kier alpha value is -1.79. The third-order valence-corrected chi connectivity index (χ3v) is 6.92. The topological polar surface area (TPSA) is 55.0 Å². The van der Waals surface area contributed by atoms with Gasteiger partial charge in [-0.25, -0.2) is 4.98 Å². The molecular formula is C21H24N2O2S2. The lowest BCUT2D eigenvalue weighted by Crippen LogP contribution is -2.13. The third kappa shape index (κ3) is 4.06. The van der Waals surface area contributed by atoms with Crippen LogP contribution in [0.25, 0.3) is 10.2 Å². The van der Waals surface area contributed by atoms with Crippen molar-refractivity contribution < 1.29 is 4.74 Å². The molecule has 2 heterocycles. The molecule has 27 heavy (non-hydrogen) atoms. The van der Waals surface area contributed by atoms with E-state index >= 15 is 0 Å². The number of thiophene rings is 1. The summed E-state index contributed by atoms with van der Waals surface area (Å²) in [5.41, 5.74) is 3.64. The van der Waals surface area contributed by atoms with E-state index in [9.17, 15) is 4.79 Å². The highest BCUT2D eigenvalue weighted by Crippen LogP contribution is 2.36. The monoisotopic (exact) mass is 400 g/mol. The maximum absolute atomic E-state index is 12.6. The summed E-state index contributed by atoms with van der Waals surface area (Å²) in [7, 11) is 0. The van der Waals surface area contributed by atoms with Gasteiger partial charge in [-0.15, -0.1) is 11.3 Å². The highest BCUT2D eigenvalue weighted by atomic mass is 32.2. The summed E-state index contributed by atoms with van der Waals surface area (Å²) < 4.78 is 5.85. The van der Waals surface area contributed by atoms with Crippen LogP contribution in [0.5, 0.6) is 5.75 Å². The number of fused-ring (bicyclic) bond motifs is 3. The lowest BCUT2D eigenvalue weighted by Gasteiger charge is -2.17.